The van der Waals surface area contributed by atoms with Crippen LogP contribution >= 0.6 is 0 Å². The van der Waals surface area contributed by atoms with Crippen LogP contribution in [0.4, 0.5) is 4.39 Å². The summed E-state index contributed by atoms with van der Waals surface area (Å²) in [7, 11) is -3.59. The molecule has 0 fully saturated rings. The molecule has 1 aliphatic heterocycles. The fraction of sp³-hybridized carbons (Fsp3) is 0.222. The molecular formula is C18H17FN2O4S. The summed E-state index contributed by atoms with van der Waals surface area (Å²) in [5, 5.41) is 0. The number of amidine groups is 1. The number of hydrogen-bond acceptors (Lipinski definition) is 5. The highest BCUT2D eigenvalue weighted by Gasteiger charge is 2.29. The first-order valence-electron chi connectivity index (χ1n) is 7.98. The van der Waals surface area contributed by atoms with Crippen molar-refractivity contribution in [3.63, 3.8) is 0 Å². The Balaban J connectivity index is 1.59. The molecule has 1 unspecified atom stereocenters. The van der Waals surface area contributed by atoms with E-state index in [1.54, 1.807) is 37.3 Å². The van der Waals surface area contributed by atoms with Crippen molar-refractivity contribution in [3.05, 3.63) is 65.5 Å². The van der Waals surface area contributed by atoms with Gasteiger partial charge in [0.05, 0.1) is 17.9 Å². The maximum absolute atomic E-state index is 12.9. The third-order valence-electron chi connectivity index (χ3n) is 3.90. The number of carbonyl (C=O) groups is 1. The van der Waals surface area contributed by atoms with Crippen LogP contribution in [0.5, 0.6) is 0 Å². The first kappa shape index (κ1) is 18.1. The molecule has 2 aromatic carbocycles. The Hall–Kier alpha value is -2.74. The number of nitrogens with zero attached hydrogens (tertiary/aromatic N) is 1. The Labute approximate surface area is 150 Å². The Bertz CT molecular complexity index is 955. The number of halogens is 1. The van der Waals surface area contributed by atoms with Crippen molar-refractivity contribution in [1.82, 2.24) is 4.72 Å². The van der Waals surface area contributed by atoms with Crippen molar-refractivity contribution in [1.29, 1.82) is 0 Å². The van der Waals surface area contributed by atoms with Crippen LogP contribution in [0.1, 0.15) is 30.6 Å². The lowest BCUT2D eigenvalue weighted by Crippen LogP contribution is -2.22. The molecule has 0 radical (unpaired) electrons. The number of nitrogens with one attached hydrogen (secondary N) is 1. The SMILES string of the molecule is CC(OC(=O)CCN=C1NS(=O)(=O)c2ccccc21)c1ccc(F)cc1. The van der Waals surface area contributed by atoms with Gasteiger partial charge in [0.1, 0.15) is 17.8 Å². The van der Waals surface area contributed by atoms with Crippen LogP contribution < -0.4 is 4.72 Å². The van der Waals surface area contributed by atoms with Crippen LogP contribution in [-0.2, 0) is 19.6 Å². The van der Waals surface area contributed by atoms with E-state index in [2.05, 4.69) is 9.71 Å². The van der Waals surface area contributed by atoms with Gasteiger partial charge in [-0.1, -0.05) is 24.3 Å². The molecule has 1 heterocycles. The summed E-state index contributed by atoms with van der Waals surface area (Å²) in [6, 6.07) is 12.2. The summed E-state index contributed by atoms with van der Waals surface area (Å²) in [4.78, 5) is 16.3. The van der Waals surface area contributed by atoms with Gasteiger partial charge in [0.15, 0.2) is 0 Å². The van der Waals surface area contributed by atoms with Gasteiger partial charge >= 0.3 is 5.97 Å². The summed E-state index contributed by atoms with van der Waals surface area (Å²) in [6.07, 6.45) is -0.514. The van der Waals surface area contributed by atoms with Gasteiger partial charge in [0.25, 0.3) is 10.0 Å². The van der Waals surface area contributed by atoms with E-state index in [0.29, 0.717) is 11.1 Å². The number of sulfonamides is 1. The zero-order valence-electron chi connectivity index (χ0n) is 14.0. The molecule has 1 aliphatic rings. The van der Waals surface area contributed by atoms with Gasteiger partial charge < -0.3 is 4.74 Å². The van der Waals surface area contributed by atoms with Gasteiger partial charge in [-0.2, -0.15) is 0 Å². The molecule has 1 N–H and O–H groups in total. The molecular weight excluding hydrogens is 359 g/mol. The van der Waals surface area contributed by atoms with E-state index >= 15 is 0 Å². The van der Waals surface area contributed by atoms with Crippen LogP contribution in [0.25, 0.3) is 0 Å². The third kappa shape index (κ3) is 3.91. The van der Waals surface area contributed by atoms with Crippen molar-refractivity contribution in [2.24, 2.45) is 4.99 Å². The van der Waals surface area contributed by atoms with E-state index in [-0.39, 0.29) is 29.5 Å². The van der Waals surface area contributed by atoms with Crippen molar-refractivity contribution in [2.45, 2.75) is 24.3 Å². The van der Waals surface area contributed by atoms with E-state index < -0.39 is 22.1 Å². The van der Waals surface area contributed by atoms with Crippen LogP contribution in [0.2, 0.25) is 0 Å². The van der Waals surface area contributed by atoms with Gasteiger partial charge in [0, 0.05) is 5.56 Å². The van der Waals surface area contributed by atoms with Gasteiger partial charge in [-0.3, -0.25) is 14.5 Å². The maximum atomic E-state index is 12.9. The van der Waals surface area contributed by atoms with Crippen LogP contribution in [0, 0.1) is 5.82 Å². The highest BCUT2D eigenvalue weighted by Crippen LogP contribution is 2.22. The molecule has 0 aliphatic carbocycles. The second-order valence-electron chi connectivity index (χ2n) is 5.77. The highest BCUT2D eigenvalue weighted by atomic mass is 32.2. The minimum absolute atomic E-state index is 0.00106. The predicted molar refractivity (Wildman–Crippen MR) is 93.7 cm³/mol. The lowest BCUT2D eigenvalue weighted by Gasteiger charge is -2.13. The molecule has 6 nitrogen and oxygen atoms in total. The number of rotatable bonds is 5. The Kier molecular flexibility index (Phi) is 5.03. The molecule has 0 spiro atoms. The topological polar surface area (TPSA) is 84.8 Å². The predicted octanol–water partition coefficient (Wildman–Crippen LogP) is 2.56. The second kappa shape index (κ2) is 7.25. The van der Waals surface area contributed by atoms with E-state index in [1.165, 1.54) is 18.2 Å². The summed E-state index contributed by atoms with van der Waals surface area (Å²) in [6.45, 7) is 1.78. The number of fused-ring (bicyclic) bond motifs is 1. The number of carbonyl (C=O) groups excluding carboxylic acids is 1. The summed E-state index contributed by atoms with van der Waals surface area (Å²) < 4.78 is 44.5. The minimum atomic E-state index is -3.59. The molecule has 0 saturated heterocycles. The number of benzene rings is 2. The first-order chi connectivity index (χ1) is 12.4. The lowest BCUT2D eigenvalue weighted by atomic mass is 10.1. The quantitative estimate of drug-likeness (QED) is 0.813. The summed E-state index contributed by atoms with van der Waals surface area (Å²) in [5.74, 6) is -0.609. The monoisotopic (exact) mass is 376 g/mol. The number of hydrogen-bond donors (Lipinski definition) is 1. The Morgan fingerprint density at radius 1 is 1.19 bits per heavy atom. The van der Waals surface area contributed by atoms with Crippen LogP contribution in [0.3, 0.4) is 0 Å². The number of aliphatic imine (C=N–C) groups is 1. The van der Waals surface area contributed by atoms with E-state index in [0.717, 1.165) is 0 Å². The van der Waals surface area contributed by atoms with E-state index in [9.17, 15) is 17.6 Å². The van der Waals surface area contributed by atoms with Gasteiger partial charge in [-0.25, -0.2) is 12.8 Å². The molecule has 0 bridgehead atoms. The smallest absolute Gasteiger partial charge is 0.308 e. The number of esters is 1. The van der Waals surface area contributed by atoms with Gasteiger partial charge in [-0.05, 0) is 36.8 Å². The summed E-state index contributed by atoms with van der Waals surface area (Å²) >= 11 is 0. The Morgan fingerprint density at radius 2 is 1.88 bits per heavy atom. The molecule has 3 rings (SSSR count). The van der Waals surface area contributed by atoms with E-state index in [4.69, 9.17) is 4.74 Å². The average molecular weight is 376 g/mol. The second-order valence-corrected chi connectivity index (χ2v) is 7.42. The molecule has 0 saturated carbocycles. The molecule has 0 aromatic heterocycles. The molecule has 26 heavy (non-hydrogen) atoms. The number of ether oxygens (including phenoxy) is 1. The van der Waals surface area contributed by atoms with Crippen molar-refractivity contribution >= 4 is 21.8 Å². The summed E-state index contributed by atoms with van der Waals surface area (Å²) in [5.41, 5.74) is 1.17. The molecule has 0 amide bonds. The molecule has 8 heteroatoms. The maximum Gasteiger partial charge on any atom is 0.308 e. The van der Waals surface area contributed by atoms with Crippen LogP contribution in [-0.4, -0.2) is 26.8 Å². The molecule has 136 valence electrons. The highest BCUT2D eigenvalue weighted by molar-refractivity contribution is 7.90. The zero-order valence-corrected chi connectivity index (χ0v) is 14.8. The third-order valence-corrected chi connectivity index (χ3v) is 5.29. The van der Waals surface area contributed by atoms with Crippen molar-refractivity contribution in [3.8, 4) is 0 Å². The zero-order chi connectivity index (χ0) is 18.7. The van der Waals surface area contributed by atoms with E-state index in [1.807, 2.05) is 0 Å². The standard InChI is InChI=1S/C18H17FN2O4S/c1-12(13-6-8-14(19)9-7-13)25-17(22)10-11-20-18-15-4-2-3-5-16(15)26(23,24)21-18/h2-9,12H,10-11H2,1H3,(H,20,21). The lowest BCUT2D eigenvalue weighted by molar-refractivity contribution is -0.148. The normalized spacial score (nSPS) is 17.4. The van der Waals surface area contributed by atoms with Crippen molar-refractivity contribution in [2.75, 3.05) is 6.54 Å². The fourth-order valence-electron chi connectivity index (χ4n) is 2.57. The fourth-order valence-corrected chi connectivity index (χ4v) is 3.82. The van der Waals surface area contributed by atoms with Crippen LogP contribution in [0.15, 0.2) is 58.4 Å². The first-order valence-corrected chi connectivity index (χ1v) is 9.47. The Morgan fingerprint density at radius 3 is 2.62 bits per heavy atom. The van der Waals surface area contributed by atoms with Gasteiger partial charge in [-0.15, -0.1) is 0 Å². The van der Waals surface area contributed by atoms with Gasteiger partial charge in [0.2, 0.25) is 0 Å². The average Bonchev–Trinajstić information content (AvgIpc) is 2.86. The van der Waals surface area contributed by atoms with Crippen molar-refractivity contribution < 1.29 is 22.3 Å². The molecule has 1 atom stereocenters. The minimum Gasteiger partial charge on any atom is -0.458 e. The molecule has 2 aromatic rings. The largest absolute Gasteiger partial charge is 0.458 e.